The second-order valence-corrected chi connectivity index (χ2v) is 7.20. The summed E-state index contributed by atoms with van der Waals surface area (Å²) in [4.78, 5) is 21.0. The Morgan fingerprint density at radius 1 is 1.36 bits per heavy atom. The Balaban J connectivity index is 1.36. The van der Waals surface area contributed by atoms with Gasteiger partial charge in [0.1, 0.15) is 0 Å². The van der Waals surface area contributed by atoms with Crippen molar-refractivity contribution in [2.45, 2.75) is 56.5 Å². The van der Waals surface area contributed by atoms with E-state index in [0.29, 0.717) is 18.4 Å². The number of aromatic nitrogens is 3. The third kappa shape index (κ3) is 2.92. The molecule has 2 aliphatic rings. The van der Waals surface area contributed by atoms with Gasteiger partial charge in [-0.3, -0.25) is 4.79 Å². The van der Waals surface area contributed by atoms with Gasteiger partial charge in [-0.1, -0.05) is 0 Å². The minimum absolute atomic E-state index is 0.0877. The molecule has 22 heavy (non-hydrogen) atoms. The number of carbonyl (C=O) groups excluding carboxylic acids is 1. The molecule has 0 aliphatic heterocycles. The summed E-state index contributed by atoms with van der Waals surface area (Å²) < 4.78 is 2.12. The van der Waals surface area contributed by atoms with Crippen LogP contribution in [-0.2, 0) is 11.2 Å². The Morgan fingerprint density at radius 3 is 3.05 bits per heavy atom. The van der Waals surface area contributed by atoms with E-state index in [2.05, 4.69) is 19.9 Å². The number of nitrogens with zero attached hydrogens (tertiary/aromatic N) is 3. The molecule has 1 amide bonds. The first-order valence-corrected chi connectivity index (χ1v) is 8.88. The highest BCUT2D eigenvalue weighted by molar-refractivity contribution is 7.09. The summed E-state index contributed by atoms with van der Waals surface area (Å²) in [6.45, 7) is 0. The van der Waals surface area contributed by atoms with Gasteiger partial charge in [0.25, 0.3) is 0 Å². The van der Waals surface area contributed by atoms with E-state index in [1.807, 2.05) is 17.9 Å². The summed E-state index contributed by atoms with van der Waals surface area (Å²) in [6, 6.07) is 0.548. The van der Waals surface area contributed by atoms with Crippen LogP contribution in [0.5, 0.6) is 0 Å². The summed E-state index contributed by atoms with van der Waals surface area (Å²) in [5.74, 6) is 0.756. The van der Waals surface area contributed by atoms with Crippen LogP contribution in [0, 0.1) is 0 Å². The quantitative estimate of drug-likeness (QED) is 0.922. The van der Waals surface area contributed by atoms with E-state index in [9.17, 15) is 4.79 Å². The Labute approximate surface area is 133 Å². The predicted octanol–water partition coefficient (Wildman–Crippen LogP) is 2.67. The maximum atomic E-state index is 12.3. The standard InChI is InChI=1S/C16H20N4OS/c21-15(8-12-9-22-16(18-12)11-4-5-11)19-13-2-1-3-14(13)20-7-6-17-10-20/h6-7,9-11,13-14H,1-5,8H2,(H,19,21)/t13-,14+/m1/s1. The van der Waals surface area contributed by atoms with Gasteiger partial charge in [-0.25, -0.2) is 9.97 Å². The summed E-state index contributed by atoms with van der Waals surface area (Å²) in [7, 11) is 0. The molecule has 4 rings (SSSR count). The van der Waals surface area contributed by atoms with Gasteiger partial charge in [-0.05, 0) is 32.1 Å². The zero-order chi connectivity index (χ0) is 14.9. The van der Waals surface area contributed by atoms with Crippen molar-refractivity contribution in [3.63, 3.8) is 0 Å². The summed E-state index contributed by atoms with van der Waals surface area (Å²) in [5, 5.41) is 6.44. The lowest BCUT2D eigenvalue weighted by molar-refractivity contribution is -0.121. The summed E-state index contributed by atoms with van der Waals surface area (Å²) >= 11 is 1.70. The average molecular weight is 316 g/mol. The first-order valence-electron chi connectivity index (χ1n) is 8.00. The molecule has 2 fully saturated rings. The fourth-order valence-corrected chi connectivity index (χ4v) is 4.27. The summed E-state index contributed by atoms with van der Waals surface area (Å²) in [6.07, 6.45) is 11.8. The Kier molecular flexibility index (Phi) is 3.70. The maximum Gasteiger partial charge on any atom is 0.226 e. The average Bonchev–Trinajstić information content (AvgIpc) is 2.95. The normalized spacial score (nSPS) is 24.5. The first kappa shape index (κ1) is 13.9. The van der Waals surface area contributed by atoms with Crippen molar-refractivity contribution < 1.29 is 4.79 Å². The number of hydrogen-bond acceptors (Lipinski definition) is 4. The van der Waals surface area contributed by atoms with Gasteiger partial charge < -0.3 is 9.88 Å². The Morgan fingerprint density at radius 2 is 2.27 bits per heavy atom. The zero-order valence-corrected chi connectivity index (χ0v) is 13.3. The van der Waals surface area contributed by atoms with Crippen LogP contribution in [-0.4, -0.2) is 26.5 Å². The molecule has 0 aromatic carbocycles. The van der Waals surface area contributed by atoms with Crippen molar-refractivity contribution in [2.24, 2.45) is 0 Å². The van der Waals surface area contributed by atoms with Gasteiger partial charge in [0.2, 0.25) is 5.91 Å². The SMILES string of the molecule is O=C(Cc1csc(C2CC2)n1)N[C@@H]1CCC[C@@H]1n1ccnc1. The second kappa shape index (κ2) is 5.83. The number of nitrogens with one attached hydrogen (secondary N) is 1. The monoisotopic (exact) mass is 316 g/mol. The van der Waals surface area contributed by atoms with Crippen LogP contribution in [0.2, 0.25) is 0 Å². The van der Waals surface area contributed by atoms with E-state index in [-0.39, 0.29) is 11.9 Å². The first-order chi connectivity index (χ1) is 10.8. The zero-order valence-electron chi connectivity index (χ0n) is 12.4. The molecular weight excluding hydrogens is 296 g/mol. The van der Waals surface area contributed by atoms with Gasteiger partial charge in [0.05, 0.1) is 29.5 Å². The topological polar surface area (TPSA) is 59.8 Å². The number of hydrogen-bond donors (Lipinski definition) is 1. The molecule has 2 atom stereocenters. The van der Waals surface area contributed by atoms with Gasteiger partial charge >= 0.3 is 0 Å². The highest BCUT2D eigenvalue weighted by atomic mass is 32.1. The van der Waals surface area contributed by atoms with Crippen LogP contribution in [0.15, 0.2) is 24.1 Å². The van der Waals surface area contributed by atoms with Crippen molar-refractivity contribution >= 4 is 17.2 Å². The van der Waals surface area contributed by atoms with Crippen LogP contribution in [0.4, 0.5) is 0 Å². The molecule has 5 nitrogen and oxygen atoms in total. The molecule has 0 saturated heterocycles. The highest BCUT2D eigenvalue weighted by Gasteiger charge is 2.30. The third-order valence-electron chi connectivity index (χ3n) is 4.57. The number of imidazole rings is 1. The largest absolute Gasteiger partial charge is 0.351 e. The molecule has 0 radical (unpaired) electrons. The fourth-order valence-electron chi connectivity index (χ4n) is 3.28. The molecule has 0 unspecified atom stereocenters. The molecule has 2 aliphatic carbocycles. The van der Waals surface area contributed by atoms with E-state index in [4.69, 9.17) is 0 Å². The van der Waals surface area contributed by atoms with Gasteiger partial charge in [0.15, 0.2) is 0 Å². The van der Waals surface area contributed by atoms with E-state index in [1.165, 1.54) is 17.8 Å². The number of amides is 1. The minimum Gasteiger partial charge on any atom is -0.351 e. The van der Waals surface area contributed by atoms with E-state index < -0.39 is 0 Å². The van der Waals surface area contributed by atoms with Crippen molar-refractivity contribution in [1.29, 1.82) is 0 Å². The molecule has 1 N–H and O–H groups in total. The lowest BCUT2D eigenvalue weighted by Gasteiger charge is -2.22. The van der Waals surface area contributed by atoms with Gasteiger partial charge in [-0.2, -0.15) is 0 Å². The Bertz CT molecular complexity index is 647. The van der Waals surface area contributed by atoms with Crippen LogP contribution < -0.4 is 5.32 Å². The lowest BCUT2D eigenvalue weighted by Crippen LogP contribution is -2.39. The van der Waals surface area contributed by atoms with Crippen LogP contribution in [0.25, 0.3) is 0 Å². The van der Waals surface area contributed by atoms with E-state index in [0.717, 1.165) is 25.0 Å². The van der Waals surface area contributed by atoms with Crippen LogP contribution >= 0.6 is 11.3 Å². The molecular formula is C16H20N4OS. The highest BCUT2D eigenvalue weighted by Crippen LogP contribution is 2.41. The molecule has 2 saturated carbocycles. The maximum absolute atomic E-state index is 12.3. The third-order valence-corrected chi connectivity index (χ3v) is 5.63. The van der Waals surface area contributed by atoms with E-state index >= 15 is 0 Å². The Hall–Kier alpha value is -1.69. The summed E-state index contributed by atoms with van der Waals surface area (Å²) in [5.41, 5.74) is 0.918. The molecule has 2 aromatic rings. The number of carbonyl (C=O) groups is 1. The van der Waals surface area contributed by atoms with Crippen molar-refractivity contribution in [1.82, 2.24) is 19.9 Å². The van der Waals surface area contributed by atoms with Crippen molar-refractivity contribution in [2.75, 3.05) is 0 Å². The van der Waals surface area contributed by atoms with Gasteiger partial charge in [0, 0.05) is 29.7 Å². The molecule has 0 bridgehead atoms. The molecule has 2 aromatic heterocycles. The fraction of sp³-hybridized carbons (Fsp3) is 0.562. The second-order valence-electron chi connectivity index (χ2n) is 6.31. The molecule has 2 heterocycles. The van der Waals surface area contributed by atoms with E-state index in [1.54, 1.807) is 17.5 Å². The van der Waals surface area contributed by atoms with Crippen molar-refractivity contribution in [3.8, 4) is 0 Å². The molecule has 6 heteroatoms. The number of rotatable bonds is 5. The molecule has 0 spiro atoms. The minimum atomic E-state index is 0.0877. The van der Waals surface area contributed by atoms with Crippen LogP contribution in [0.1, 0.15) is 54.8 Å². The number of thiazole rings is 1. The van der Waals surface area contributed by atoms with Gasteiger partial charge in [-0.15, -0.1) is 11.3 Å². The lowest BCUT2D eigenvalue weighted by atomic mass is 10.1. The van der Waals surface area contributed by atoms with Crippen molar-refractivity contribution in [3.05, 3.63) is 34.8 Å². The predicted molar refractivity (Wildman–Crippen MR) is 84.8 cm³/mol. The molecule has 116 valence electrons. The smallest absolute Gasteiger partial charge is 0.226 e. The van der Waals surface area contributed by atoms with Crippen LogP contribution in [0.3, 0.4) is 0 Å².